The van der Waals surface area contributed by atoms with Gasteiger partial charge in [-0.15, -0.1) is 0 Å². The predicted octanol–water partition coefficient (Wildman–Crippen LogP) is 17.8. The Hall–Kier alpha value is -2.55. The molecule has 0 rings (SSSR count). The van der Waals surface area contributed by atoms with Crippen molar-refractivity contribution in [3.8, 4) is 0 Å². The fraction of sp³-hybridized carbons (Fsp3) is 0.778. The Balaban J connectivity index is 5.34. The zero-order chi connectivity index (χ0) is 53.6. The number of ether oxygens (including phenoxy) is 1. The van der Waals surface area contributed by atoms with Gasteiger partial charge in [-0.25, -0.2) is 0 Å². The van der Waals surface area contributed by atoms with Crippen LogP contribution in [0.25, 0.3) is 0 Å². The maximum Gasteiger partial charge on any atom is 0.306 e. The number of carbonyl (C=O) groups excluding carboxylic acids is 2. The van der Waals surface area contributed by atoms with E-state index in [9.17, 15) is 19.0 Å². The average molecular weight is 1040 g/mol. The first kappa shape index (κ1) is 70.5. The molecular weight excluding hydrogens is 928 g/mol. The monoisotopic (exact) mass is 1040 g/mol. The summed E-state index contributed by atoms with van der Waals surface area (Å²) in [4.78, 5) is 39.9. The first-order valence-corrected chi connectivity index (χ1v) is 31.7. The van der Waals surface area contributed by atoms with E-state index in [0.717, 1.165) is 77.0 Å². The molecule has 424 valence electrons. The average Bonchev–Trinajstić information content (AvgIpc) is 3.35. The van der Waals surface area contributed by atoms with Crippen LogP contribution in [0.15, 0.2) is 72.9 Å². The van der Waals surface area contributed by atoms with Gasteiger partial charge in [-0.05, 0) is 89.5 Å². The van der Waals surface area contributed by atoms with Crippen LogP contribution >= 0.6 is 7.82 Å². The molecule has 10 heteroatoms. The molecule has 0 aromatic carbocycles. The highest BCUT2D eigenvalue weighted by atomic mass is 31.2. The molecule has 1 N–H and O–H groups in total. The first-order valence-electron chi connectivity index (χ1n) is 30.2. The Morgan fingerprint density at radius 3 is 1.30 bits per heavy atom. The van der Waals surface area contributed by atoms with Crippen molar-refractivity contribution in [3.63, 3.8) is 0 Å². The van der Waals surface area contributed by atoms with E-state index in [-0.39, 0.29) is 18.9 Å². The van der Waals surface area contributed by atoms with Gasteiger partial charge in [-0.1, -0.05) is 235 Å². The van der Waals surface area contributed by atoms with Gasteiger partial charge in [0.2, 0.25) is 5.91 Å². The Morgan fingerprint density at radius 1 is 0.479 bits per heavy atom. The van der Waals surface area contributed by atoms with Crippen LogP contribution in [0.1, 0.15) is 265 Å². The molecule has 0 fully saturated rings. The van der Waals surface area contributed by atoms with E-state index in [1.165, 1.54) is 148 Å². The van der Waals surface area contributed by atoms with Crippen LogP contribution < -0.4 is 10.2 Å². The standard InChI is InChI=1S/C63H115N2O7P/c1-7-10-13-16-19-22-25-28-29-30-31-32-33-34-35-38-40-43-46-49-52-55-62(66)64-60(59-71-73(68,69)70-58-57-65(4,5)6)61(54-51-48-45-42-39-36-26-23-20-17-14-11-8-2)72-63(67)56-53-50-47-44-41-37-27-24-21-18-15-12-9-3/h19,22,28-29,31-32,37,41,47,50-51,54,60-61H,7-18,20-21,23-27,30,33-36,38-40,42-46,48-49,52-53,55-59H2,1-6H3,(H-,64,66,68,69)/b22-19-,29-28-,32-31-,41-37-,50-47+,54-51-. The lowest BCUT2D eigenvalue weighted by molar-refractivity contribution is -0.870. The van der Waals surface area contributed by atoms with Gasteiger partial charge >= 0.3 is 5.97 Å². The van der Waals surface area contributed by atoms with Crippen molar-refractivity contribution in [1.82, 2.24) is 5.32 Å². The van der Waals surface area contributed by atoms with Crippen molar-refractivity contribution in [1.29, 1.82) is 0 Å². The lowest BCUT2D eigenvalue weighted by atomic mass is 10.0. The normalized spacial score (nSPS) is 14.2. The number of rotatable bonds is 54. The van der Waals surface area contributed by atoms with Gasteiger partial charge in [-0.3, -0.25) is 14.2 Å². The number of hydrogen-bond donors (Lipinski definition) is 1. The number of esters is 1. The molecular formula is C63H115N2O7P. The second-order valence-corrected chi connectivity index (χ2v) is 22.9. The van der Waals surface area contributed by atoms with Crippen molar-refractivity contribution in [2.24, 2.45) is 0 Å². The van der Waals surface area contributed by atoms with Gasteiger partial charge in [0, 0.05) is 12.8 Å². The van der Waals surface area contributed by atoms with Crippen molar-refractivity contribution in [2.75, 3.05) is 40.9 Å². The number of likely N-dealkylation sites (N-methyl/N-ethyl adjacent to an activating group) is 1. The van der Waals surface area contributed by atoms with Gasteiger partial charge in [0.1, 0.15) is 19.3 Å². The maximum atomic E-state index is 13.5. The molecule has 0 aliphatic rings. The fourth-order valence-electron chi connectivity index (χ4n) is 8.40. The molecule has 0 aromatic heterocycles. The number of quaternary nitrogens is 1. The molecule has 73 heavy (non-hydrogen) atoms. The molecule has 0 spiro atoms. The number of hydrogen-bond acceptors (Lipinski definition) is 7. The van der Waals surface area contributed by atoms with E-state index in [0.29, 0.717) is 23.9 Å². The maximum absolute atomic E-state index is 13.5. The van der Waals surface area contributed by atoms with Crippen LogP contribution in [0.4, 0.5) is 0 Å². The number of nitrogens with zero attached hydrogens (tertiary/aromatic N) is 1. The van der Waals surface area contributed by atoms with Gasteiger partial charge in [0.25, 0.3) is 7.82 Å². The number of allylic oxidation sites excluding steroid dienone is 11. The molecule has 0 radical (unpaired) electrons. The van der Waals surface area contributed by atoms with Crippen molar-refractivity contribution in [3.05, 3.63) is 72.9 Å². The van der Waals surface area contributed by atoms with E-state index < -0.39 is 32.5 Å². The minimum absolute atomic E-state index is 0.0334. The van der Waals surface area contributed by atoms with Crippen LogP contribution in [0, 0.1) is 0 Å². The molecule has 0 saturated carbocycles. The zero-order valence-electron chi connectivity index (χ0n) is 48.3. The van der Waals surface area contributed by atoms with Crippen molar-refractivity contribution in [2.45, 2.75) is 277 Å². The molecule has 3 unspecified atom stereocenters. The Kier molecular flexibility index (Phi) is 51.0. The van der Waals surface area contributed by atoms with Crippen molar-refractivity contribution >= 4 is 19.7 Å². The van der Waals surface area contributed by atoms with E-state index >= 15 is 0 Å². The lowest BCUT2D eigenvalue weighted by Crippen LogP contribution is -2.47. The summed E-state index contributed by atoms with van der Waals surface area (Å²) >= 11 is 0. The van der Waals surface area contributed by atoms with Gasteiger partial charge in [-0.2, -0.15) is 0 Å². The summed E-state index contributed by atoms with van der Waals surface area (Å²) in [5.74, 6) is -0.626. The number of carbonyl (C=O) groups is 2. The summed E-state index contributed by atoms with van der Waals surface area (Å²) in [7, 11) is 1.15. The molecule has 3 atom stereocenters. The second kappa shape index (κ2) is 52.9. The number of phosphoric acid groups is 1. The van der Waals surface area contributed by atoms with Crippen LogP contribution in [-0.4, -0.2) is 69.4 Å². The molecule has 0 aliphatic carbocycles. The predicted molar refractivity (Wildman–Crippen MR) is 312 cm³/mol. The van der Waals surface area contributed by atoms with Crippen LogP contribution in [-0.2, 0) is 27.9 Å². The molecule has 9 nitrogen and oxygen atoms in total. The number of unbranched alkanes of at least 4 members (excludes halogenated alkanes) is 28. The smallest absolute Gasteiger partial charge is 0.306 e. The number of amides is 1. The molecule has 0 heterocycles. The highest BCUT2D eigenvalue weighted by Gasteiger charge is 2.27. The van der Waals surface area contributed by atoms with Crippen LogP contribution in [0.5, 0.6) is 0 Å². The van der Waals surface area contributed by atoms with E-state index in [4.69, 9.17) is 13.8 Å². The van der Waals surface area contributed by atoms with Crippen molar-refractivity contribution < 1.29 is 37.3 Å². The molecule has 0 aromatic rings. The van der Waals surface area contributed by atoms with E-state index in [1.807, 2.05) is 39.4 Å². The summed E-state index contributed by atoms with van der Waals surface area (Å²) in [6.07, 6.45) is 67.3. The quantitative estimate of drug-likeness (QED) is 0.0212. The Morgan fingerprint density at radius 2 is 0.849 bits per heavy atom. The third kappa shape index (κ3) is 54.1. The van der Waals surface area contributed by atoms with Crippen LogP contribution in [0.2, 0.25) is 0 Å². The number of phosphoric ester groups is 1. The molecule has 1 amide bonds. The summed E-state index contributed by atoms with van der Waals surface area (Å²) in [5, 5.41) is 3.01. The van der Waals surface area contributed by atoms with E-state index in [1.54, 1.807) is 0 Å². The Bertz CT molecular complexity index is 1480. The van der Waals surface area contributed by atoms with Gasteiger partial charge < -0.3 is 28.5 Å². The summed E-state index contributed by atoms with van der Waals surface area (Å²) in [6.45, 7) is 6.77. The largest absolute Gasteiger partial charge is 0.756 e. The third-order valence-corrected chi connectivity index (χ3v) is 14.1. The SMILES string of the molecule is CCCCC/C=C\C/C=C\C/C=C\CCCCCCCCCCC(=O)NC(COP(=O)([O-])OCC[N+](C)(C)C)C(/C=C\CCCCCCCCCCCCC)OC(=O)CC/C=C/C/C=C\CCCCCCCC. The Labute approximate surface area is 451 Å². The molecule has 0 aliphatic heterocycles. The highest BCUT2D eigenvalue weighted by Crippen LogP contribution is 2.38. The topological polar surface area (TPSA) is 114 Å². The third-order valence-electron chi connectivity index (χ3n) is 13.1. The second-order valence-electron chi connectivity index (χ2n) is 21.5. The minimum atomic E-state index is -4.71. The first-order chi connectivity index (χ1) is 35.4. The summed E-state index contributed by atoms with van der Waals surface area (Å²) < 4.78 is 30.2. The number of nitrogens with one attached hydrogen (secondary N) is 1. The summed E-state index contributed by atoms with van der Waals surface area (Å²) in [5.41, 5.74) is 0. The van der Waals surface area contributed by atoms with E-state index in [2.05, 4.69) is 80.8 Å². The fourth-order valence-corrected chi connectivity index (χ4v) is 9.13. The zero-order valence-corrected chi connectivity index (χ0v) is 49.2. The van der Waals surface area contributed by atoms with Crippen LogP contribution in [0.3, 0.4) is 0 Å². The van der Waals surface area contributed by atoms with Gasteiger partial charge in [0.15, 0.2) is 0 Å². The highest BCUT2D eigenvalue weighted by molar-refractivity contribution is 7.45. The van der Waals surface area contributed by atoms with Gasteiger partial charge in [0.05, 0.1) is 33.8 Å². The summed E-state index contributed by atoms with van der Waals surface area (Å²) in [6, 6.07) is -0.916. The molecule has 0 saturated heterocycles. The molecule has 0 bridgehead atoms. The lowest BCUT2D eigenvalue weighted by Gasteiger charge is -2.30. The minimum Gasteiger partial charge on any atom is -0.756 e.